The Morgan fingerprint density at radius 1 is 1.31 bits per heavy atom. The second kappa shape index (κ2) is 7.29. The average Bonchev–Trinajstić information content (AvgIpc) is 3.26. The number of carbonyl (C=O) groups excluding carboxylic acids is 2. The predicted octanol–water partition coefficient (Wildman–Crippen LogP) is 0.940. The number of hydrogen-bond donors (Lipinski definition) is 2. The largest absolute Gasteiger partial charge is 0.370 e. The lowest BCUT2D eigenvalue weighted by atomic mass is 10.1. The minimum Gasteiger partial charge on any atom is -0.370 e. The second-order valence-electron chi connectivity index (χ2n) is 6.74. The minimum absolute atomic E-state index is 0.0685. The number of nitrogens with zero attached hydrogens (tertiary/aromatic N) is 2. The van der Waals surface area contributed by atoms with Crippen molar-refractivity contribution < 1.29 is 14.3 Å². The van der Waals surface area contributed by atoms with Crippen LogP contribution in [0, 0.1) is 0 Å². The molecule has 2 atom stereocenters. The van der Waals surface area contributed by atoms with Gasteiger partial charge in [0.15, 0.2) is 0 Å². The summed E-state index contributed by atoms with van der Waals surface area (Å²) in [4.78, 5) is 23.4. The molecule has 1 aromatic heterocycles. The van der Waals surface area contributed by atoms with Gasteiger partial charge in [0.25, 0.3) is 0 Å². The van der Waals surface area contributed by atoms with Crippen LogP contribution in [0.15, 0.2) is 36.5 Å². The van der Waals surface area contributed by atoms with Gasteiger partial charge in [-0.1, -0.05) is 30.3 Å². The number of carbonyl (C=O) groups is 2. The van der Waals surface area contributed by atoms with Crippen molar-refractivity contribution in [1.82, 2.24) is 20.4 Å². The zero-order valence-corrected chi connectivity index (χ0v) is 14.5. The van der Waals surface area contributed by atoms with E-state index in [9.17, 15) is 9.59 Å². The van der Waals surface area contributed by atoms with Crippen molar-refractivity contribution in [1.29, 1.82) is 0 Å². The fourth-order valence-corrected chi connectivity index (χ4v) is 3.47. The Kier molecular flexibility index (Phi) is 4.71. The fourth-order valence-electron chi connectivity index (χ4n) is 3.47. The molecule has 2 aromatic rings. The molecule has 0 unspecified atom stereocenters. The van der Waals surface area contributed by atoms with Gasteiger partial charge in [-0.15, -0.1) is 0 Å². The average molecular weight is 354 g/mol. The Bertz CT molecular complexity index is 802. The summed E-state index contributed by atoms with van der Waals surface area (Å²) in [6, 6.07) is 9.75. The van der Waals surface area contributed by atoms with E-state index in [1.54, 1.807) is 0 Å². The molecule has 136 valence electrons. The molecule has 2 amide bonds. The third-order valence-electron chi connectivity index (χ3n) is 4.83. The lowest BCUT2D eigenvalue weighted by molar-refractivity contribution is -0.126. The van der Waals surface area contributed by atoms with Crippen LogP contribution >= 0.6 is 0 Å². The highest BCUT2D eigenvalue weighted by atomic mass is 16.5. The lowest BCUT2D eigenvalue weighted by Gasteiger charge is -2.23. The predicted molar refractivity (Wildman–Crippen MR) is 94.3 cm³/mol. The van der Waals surface area contributed by atoms with Crippen LogP contribution in [0.1, 0.15) is 35.8 Å². The summed E-state index contributed by atoms with van der Waals surface area (Å²) in [5.41, 5.74) is 3.25. The highest BCUT2D eigenvalue weighted by Crippen LogP contribution is 2.25. The molecule has 0 aliphatic carbocycles. The number of aromatic nitrogens is 2. The number of ether oxygens (including phenoxy) is 1. The smallest absolute Gasteiger partial charge is 0.242 e. The molecule has 3 heterocycles. The molecular weight excluding hydrogens is 332 g/mol. The van der Waals surface area contributed by atoms with E-state index in [0.29, 0.717) is 32.5 Å². The van der Waals surface area contributed by atoms with E-state index in [2.05, 4.69) is 34.1 Å². The second-order valence-corrected chi connectivity index (χ2v) is 6.74. The van der Waals surface area contributed by atoms with Crippen molar-refractivity contribution in [2.24, 2.45) is 0 Å². The number of rotatable bonds is 5. The summed E-state index contributed by atoms with van der Waals surface area (Å²) in [5.74, 6) is -0.226. The normalized spacial score (nSPS) is 21.9. The van der Waals surface area contributed by atoms with Gasteiger partial charge >= 0.3 is 0 Å². The Balaban J connectivity index is 1.40. The number of amides is 2. The van der Waals surface area contributed by atoms with Gasteiger partial charge in [0, 0.05) is 19.2 Å². The molecule has 0 spiro atoms. The van der Waals surface area contributed by atoms with Gasteiger partial charge < -0.3 is 15.4 Å². The van der Waals surface area contributed by atoms with Crippen molar-refractivity contribution >= 4 is 11.8 Å². The van der Waals surface area contributed by atoms with Gasteiger partial charge in [-0.25, -0.2) is 0 Å². The maximum Gasteiger partial charge on any atom is 0.242 e. The maximum absolute atomic E-state index is 12.2. The molecule has 1 fully saturated rings. The van der Waals surface area contributed by atoms with Crippen LogP contribution in [0.3, 0.4) is 0 Å². The molecule has 4 rings (SSSR count). The Hall–Kier alpha value is -2.67. The van der Waals surface area contributed by atoms with Crippen molar-refractivity contribution in [3.05, 3.63) is 53.3 Å². The summed E-state index contributed by atoms with van der Waals surface area (Å²) < 4.78 is 7.76. The monoisotopic (exact) mass is 354 g/mol. The highest BCUT2D eigenvalue weighted by molar-refractivity contribution is 5.90. The maximum atomic E-state index is 12.2. The summed E-state index contributed by atoms with van der Waals surface area (Å²) in [7, 11) is 0. The van der Waals surface area contributed by atoms with Gasteiger partial charge in [-0.2, -0.15) is 5.10 Å². The summed E-state index contributed by atoms with van der Waals surface area (Å²) in [5, 5.41) is 10.3. The first-order valence-electron chi connectivity index (χ1n) is 8.98. The van der Waals surface area contributed by atoms with Gasteiger partial charge in [0.1, 0.15) is 12.1 Å². The number of benzene rings is 1. The zero-order chi connectivity index (χ0) is 17.9. The standard InChI is InChI=1S/C19H22N4O3/c24-17-7-6-15(21-17)19(25)20-10-16-18-14(8-9-26-16)12-23(22-18)11-13-4-2-1-3-5-13/h1-5,12,15-16H,6-11H2,(H,20,25)(H,21,24)/t15-,16-/m0/s1. The van der Waals surface area contributed by atoms with Crippen LogP contribution in [0.5, 0.6) is 0 Å². The molecule has 1 saturated heterocycles. The van der Waals surface area contributed by atoms with Crippen LogP contribution in [0.2, 0.25) is 0 Å². The molecule has 7 nitrogen and oxygen atoms in total. The molecule has 0 radical (unpaired) electrons. The van der Waals surface area contributed by atoms with E-state index < -0.39 is 6.04 Å². The first-order chi connectivity index (χ1) is 12.7. The van der Waals surface area contributed by atoms with Crippen molar-refractivity contribution in [2.45, 2.75) is 38.0 Å². The van der Waals surface area contributed by atoms with E-state index in [1.807, 2.05) is 22.9 Å². The lowest BCUT2D eigenvalue weighted by Crippen LogP contribution is -2.43. The summed E-state index contributed by atoms with van der Waals surface area (Å²) in [6.45, 7) is 1.69. The molecule has 26 heavy (non-hydrogen) atoms. The Labute approximate surface area is 151 Å². The quantitative estimate of drug-likeness (QED) is 0.837. The number of nitrogens with one attached hydrogen (secondary N) is 2. The van der Waals surface area contributed by atoms with Crippen LogP contribution in [-0.2, 0) is 27.3 Å². The third-order valence-corrected chi connectivity index (χ3v) is 4.83. The number of hydrogen-bond acceptors (Lipinski definition) is 4. The molecule has 1 aromatic carbocycles. The number of fused-ring (bicyclic) bond motifs is 1. The van der Waals surface area contributed by atoms with Crippen LogP contribution in [0.25, 0.3) is 0 Å². The molecule has 0 saturated carbocycles. The van der Waals surface area contributed by atoms with E-state index in [1.165, 1.54) is 11.1 Å². The third kappa shape index (κ3) is 3.62. The van der Waals surface area contributed by atoms with Crippen molar-refractivity contribution in [2.75, 3.05) is 13.2 Å². The minimum atomic E-state index is -0.429. The first-order valence-corrected chi connectivity index (χ1v) is 8.98. The van der Waals surface area contributed by atoms with Crippen molar-refractivity contribution in [3.8, 4) is 0 Å². The molecule has 7 heteroatoms. The summed E-state index contributed by atoms with van der Waals surface area (Å²) in [6.07, 6.45) is 3.60. The Morgan fingerprint density at radius 3 is 2.92 bits per heavy atom. The van der Waals surface area contributed by atoms with Gasteiger partial charge in [-0.3, -0.25) is 14.3 Å². The molecule has 2 aliphatic rings. The molecule has 2 N–H and O–H groups in total. The SMILES string of the molecule is O=C1CC[C@@H](C(=O)NC[C@@H]2OCCc3cn(Cc4ccccc4)nc32)N1. The van der Waals surface area contributed by atoms with E-state index >= 15 is 0 Å². The molecular formula is C19H22N4O3. The van der Waals surface area contributed by atoms with Gasteiger partial charge in [0.2, 0.25) is 11.8 Å². The molecule has 0 bridgehead atoms. The van der Waals surface area contributed by atoms with E-state index in [4.69, 9.17) is 4.74 Å². The van der Waals surface area contributed by atoms with Gasteiger partial charge in [0.05, 0.1) is 18.8 Å². The van der Waals surface area contributed by atoms with E-state index in [-0.39, 0.29) is 17.9 Å². The van der Waals surface area contributed by atoms with Gasteiger partial charge in [-0.05, 0) is 24.0 Å². The molecule has 2 aliphatic heterocycles. The highest BCUT2D eigenvalue weighted by Gasteiger charge is 2.29. The first kappa shape index (κ1) is 16.8. The topological polar surface area (TPSA) is 85.2 Å². The Morgan fingerprint density at radius 2 is 2.15 bits per heavy atom. The summed E-state index contributed by atoms with van der Waals surface area (Å²) >= 11 is 0. The van der Waals surface area contributed by atoms with Crippen LogP contribution in [-0.4, -0.2) is 40.8 Å². The fraction of sp³-hybridized carbons (Fsp3) is 0.421. The van der Waals surface area contributed by atoms with E-state index in [0.717, 1.165) is 12.1 Å². The van der Waals surface area contributed by atoms with Crippen LogP contribution < -0.4 is 10.6 Å². The zero-order valence-electron chi connectivity index (χ0n) is 14.5. The van der Waals surface area contributed by atoms with Crippen LogP contribution in [0.4, 0.5) is 0 Å². The van der Waals surface area contributed by atoms with Crippen molar-refractivity contribution in [3.63, 3.8) is 0 Å².